The van der Waals surface area contributed by atoms with Crippen LogP contribution in [-0.2, 0) is 0 Å². The quantitative estimate of drug-likeness (QED) is 0.872. The molecule has 0 spiro atoms. The molecule has 0 aliphatic heterocycles. The molecule has 1 atom stereocenters. The summed E-state index contributed by atoms with van der Waals surface area (Å²) >= 11 is 0. The zero-order chi connectivity index (χ0) is 13.2. The monoisotopic (exact) mass is 249 g/mol. The fraction of sp³-hybridized carbons (Fsp3) is 0.500. The zero-order valence-corrected chi connectivity index (χ0v) is 10.3. The average Bonchev–Trinajstić information content (AvgIpc) is 3.07. The first-order valence-corrected chi connectivity index (χ1v) is 6.04. The molecule has 0 radical (unpaired) electrons. The van der Waals surface area contributed by atoms with E-state index >= 15 is 0 Å². The molecule has 1 aliphatic rings. The first-order chi connectivity index (χ1) is 8.56. The molecule has 0 amide bonds. The molecule has 1 aliphatic carbocycles. The van der Waals surface area contributed by atoms with E-state index in [1.165, 1.54) is 18.2 Å². The van der Waals surface area contributed by atoms with Gasteiger partial charge >= 0.3 is 0 Å². The van der Waals surface area contributed by atoms with E-state index in [1.807, 2.05) is 0 Å². The minimum atomic E-state index is -0.702. The summed E-state index contributed by atoms with van der Waals surface area (Å²) in [6.07, 6.45) is 1.71. The molecule has 4 heteroatoms. The lowest BCUT2D eigenvalue weighted by molar-refractivity contribution is 0.183. The normalized spacial score (nSPS) is 17.9. The van der Waals surface area contributed by atoms with Gasteiger partial charge in [0.2, 0.25) is 0 Å². The van der Waals surface area contributed by atoms with Gasteiger partial charge in [-0.15, -0.1) is 0 Å². The van der Waals surface area contributed by atoms with Crippen LogP contribution in [0.2, 0.25) is 0 Å². The molecule has 3 nitrogen and oxygen atoms in total. The van der Waals surface area contributed by atoms with Crippen molar-refractivity contribution in [2.45, 2.75) is 32.3 Å². The van der Waals surface area contributed by atoms with Gasteiger partial charge in [0.15, 0.2) is 0 Å². The fourth-order valence-electron chi connectivity index (χ4n) is 1.93. The van der Waals surface area contributed by atoms with Crippen molar-refractivity contribution in [3.8, 4) is 11.8 Å². The van der Waals surface area contributed by atoms with Crippen LogP contribution in [0.15, 0.2) is 18.2 Å². The number of rotatable bonds is 5. The second kappa shape index (κ2) is 4.95. The standard InChI is InChI=1S/C14H16FNO2/c1-10(17)12-3-2-11(15)8-13(12)18-9-14(4-5-14)6-7-16/h2-3,8,10,17H,4-6,9H2,1H3/t10-/m1/s1. The topological polar surface area (TPSA) is 53.2 Å². The lowest BCUT2D eigenvalue weighted by Crippen LogP contribution is -2.13. The summed E-state index contributed by atoms with van der Waals surface area (Å²) in [5.41, 5.74) is 0.515. The first kappa shape index (κ1) is 12.8. The van der Waals surface area contributed by atoms with Gasteiger partial charge < -0.3 is 9.84 Å². The van der Waals surface area contributed by atoms with Crippen molar-refractivity contribution >= 4 is 0 Å². The predicted octanol–water partition coefficient (Wildman–Crippen LogP) is 2.95. The van der Waals surface area contributed by atoms with Gasteiger partial charge in [0, 0.05) is 23.5 Å². The molecule has 0 saturated heterocycles. The lowest BCUT2D eigenvalue weighted by atomic mass is 10.1. The van der Waals surface area contributed by atoms with E-state index in [2.05, 4.69) is 6.07 Å². The summed E-state index contributed by atoms with van der Waals surface area (Å²) < 4.78 is 18.8. The highest BCUT2D eigenvalue weighted by Gasteiger charge is 2.43. The zero-order valence-electron chi connectivity index (χ0n) is 10.3. The van der Waals surface area contributed by atoms with E-state index < -0.39 is 6.10 Å². The van der Waals surface area contributed by atoms with Crippen molar-refractivity contribution in [2.24, 2.45) is 5.41 Å². The smallest absolute Gasteiger partial charge is 0.128 e. The van der Waals surface area contributed by atoms with E-state index in [0.29, 0.717) is 24.3 Å². The maximum Gasteiger partial charge on any atom is 0.128 e. The maximum absolute atomic E-state index is 13.2. The molecule has 2 rings (SSSR count). The molecule has 1 fully saturated rings. The largest absolute Gasteiger partial charge is 0.492 e. The summed E-state index contributed by atoms with van der Waals surface area (Å²) in [7, 11) is 0. The van der Waals surface area contributed by atoms with E-state index in [1.54, 1.807) is 6.92 Å². The van der Waals surface area contributed by atoms with Gasteiger partial charge in [-0.25, -0.2) is 4.39 Å². The number of hydrogen-bond donors (Lipinski definition) is 1. The third kappa shape index (κ3) is 2.80. The van der Waals surface area contributed by atoms with Crippen molar-refractivity contribution in [3.05, 3.63) is 29.6 Å². The third-order valence-corrected chi connectivity index (χ3v) is 3.37. The molecule has 0 unspecified atom stereocenters. The molecule has 18 heavy (non-hydrogen) atoms. The van der Waals surface area contributed by atoms with Crippen LogP contribution in [0.1, 0.15) is 37.9 Å². The van der Waals surface area contributed by atoms with Crippen LogP contribution in [0.4, 0.5) is 4.39 Å². The van der Waals surface area contributed by atoms with E-state index in [0.717, 1.165) is 12.8 Å². The number of hydrogen-bond acceptors (Lipinski definition) is 3. The van der Waals surface area contributed by atoms with Gasteiger partial charge in [-0.05, 0) is 31.9 Å². The van der Waals surface area contributed by atoms with Crippen LogP contribution in [0.3, 0.4) is 0 Å². The Labute approximate surface area is 106 Å². The summed E-state index contributed by atoms with van der Waals surface area (Å²) in [5, 5.41) is 18.3. The van der Waals surface area contributed by atoms with Crippen LogP contribution in [0, 0.1) is 22.6 Å². The van der Waals surface area contributed by atoms with Crippen LogP contribution in [-0.4, -0.2) is 11.7 Å². The molecular weight excluding hydrogens is 233 g/mol. The molecule has 96 valence electrons. The Morgan fingerprint density at radius 2 is 2.28 bits per heavy atom. The van der Waals surface area contributed by atoms with E-state index in [9.17, 15) is 9.50 Å². The minimum absolute atomic E-state index is 0.0585. The van der Waals surface area contributed by atoms with Gasteiger partial charge in [0.25, 0.3) is 0 Å². The van der Waals surface area contributed by atoms with Gasteiger partial charge in [-0.1, -0.05) is 0 Å². The first-order valence-electron chi connectivity index (χ1n) is 6.04. The van der Waals surface area contributed by atoms with Crippen molar-refractivity contribution in [2.75, 3.05) is 6.61 Å². The van der Waals surface area contributed by atoms with Crippen LogP contribution in [0.5, 0.6) is 5.75 Å². The Morgan fingerprint density at radius 3 is 2.83 bits per heavy atom. The van der Waals surface area contributed by atoms with Gasteiger partial charge in [0.1, 0.15) is 11.6 Å². The van der Waals surface area contributed by atoms with Crippen LogP contribution in [0.25, 0.3) is 0 Å². The summed E-state index contributed by atoms with van der Waals surface area (Å²) in [6, 6.07) is 6.26. The molecule has 0 heterocycles. The summed E-state index contributed by atoms with van der Waals surface area (Å²) in [4.78, 5) is 0. The Balaban J connectivity index is 2.09. The molecule has 0 aromatic heterocycles. The second-order valence-electron chi connectivity index (χ2n) is 4.98. The predicted molar refractivity (Wildman–Crippen MR) is 64.4 cm³/mol. The van der Waals surface area contributed by atoms with Gasteiger partial charge in [-0.3, -0.25) is 0 Å². The van der Waals surface area contributed by atoms with Crippen LogP contribution >= 0.6 is 0 Å². The van der Waals surface area contributed by atoms with Gasteiger partial charge in [-0.2, -0.15) is 5.26 Å². The Kier molecular flexibility index (Phi) is 3.53. The number of benzene rings is 1. The second-order valence-corrected chi connectivity index (χ2v) is 4.98. The van der Waals surface area contributed by atoms with E-state index in [-0.39, 0.29) is 11.2 Å². The fourth-order valence-corrected chi connectivity index (χ4v) is 1.93. The number of aliphatic hydroxyl groups excluding tert-OH is 1. The van der Waals surface area contributed by atoms with Crippen molar-refractivity contribution in [1.29, 1.82) is 5.26 Å². The lowest BCUT2D eigenvalue weighted by Gasteiger charge is -2.17. The summed E-state index contributed by atoms with van der Waals surface area (Å²) in [6.45, 7) is 2.02. The van der Waals surface area contributed by atoms with Crippen molar-refractivity contribution < 1.29 is 14.2 Å². The summed E-state index contributed by atoms with van der Waals surface area (Å²) in [5.74, 6) is -0.0197. The Bertz CT molecular complexity index is 475. The highest BCUT2D eigenvalue weighted by molar-refractivity contribution is 5.35. The molecule has 0 bridgehead atoms. The number of aliphatic hydroxyl groups is 1. The third-order valence-electron chi connectivity index (χ3n) is 3.37. The van der Waals surface area contributed by atoms with Gasteiger partial charge in [0.05, 0.1) is 18.8 Å². The Morgan fingerprint density at radius 1 is 1.56 bits per heavy atom. The number of nitriles is 1. The van der Waals surface area contributed by atoms with Crippen LogP contribution < -0.4 is 4.74 Å². The molecule has 1 N–H and O–H groups in total. The molecular formula is C14H16FNO2. The number of ether oxygens (including phenoxy) is 1. The number of nitrogens with zero attached hydrogens (tertiary/aromatic N) is 1. The SMILES string of the molecule is C[C@@H](O)c1ccc(F)cc1OCC1(CC#N)CC1. The minimum Gasteiger partial charge on any atom is -0.492 e. The molecule has 1 aromatic carbocycles. The van der Waals surface area contributed by atoms with E-state index in [4.69, 9.17) is 10.00 Å². The average molecular weight is 249 g/mol. The molecule has 1 saturated carbocycles. The highest BCUT2D eigenvalue weighted by Crippen LogP contribution is 2.49. The maximum atomic E-state index is 13.2. The molecule has 1 aromatic rings. The highest BCUT2D eigenvalue weighted by atomic mass is 19.1. The van der Waals surface area contributed by atoms with Crippen molar-refractivity contribution in [1.82, 2.24) is 0 Å². The Hall–Kier alpha value is -1.60. The van der Waals surface area contributed by atoms with Crippen molar-refractivity contribution in [3.63, 3.8) is 0 Å². The number of halogens is 1.